The van der Waals surface area contributed by atoms with Crippen molar-refractivity contribution in [3.05, 3.63) is 81.9 Å². The van der Waals surface area contributed by atoms with E-state index in [9.17, 15) is 27.2 Å². The van der Waals surface area contributed by atoms with Crippen LogP contribution >= 0.6 is 23.5 Å². The molecule has 0 radical (unpaired) electrons. The number of carbonyl (C=O) groups excluding carboxylic acids is 2. The normalized spacial score (nSPS) is 26.9. The highest BCUT2D eigenvalue weighted by Gasteiger charge is 2.50. The first-order valence-electron chi connectivity index (χ1n) is 8.65. The van der Waals surface area contributed by atoms with Gasteiger partial charge in [-0.25, -0.2) is 21.9 Å². The summed E-state index contributed by atoms with van der Waals surface area (Å²) in [6, 6.07) is 6.28. The second kappa shape index (κ2) is 6.34. The lowest BCUT2D eigenvalue weighted by molar-refractivity contribution is 0.0776. The van der Waals surface area contributed by atoms with Gasteiger partial charge in [0.05, 0.1) is 21.8 Å². The summed E-state index contributed by atoms with van der Waals surface area (Å²) in [5.41, 5.74) is -0.162. The molecule has 2 amide bonds. The lowest BCUT2D eigenvalue weighted by atomic mass is 9.70. The number of benzene rings is 2. The van der Waals surface area contributed by atoms with E-state index in [4.69, 9.17) is 11.6 Å². The second-order valence-electron chi connectivity index (χ2n) is 6.98. The maximum Gasteiger partial charge on any atom is 0.271 e. The molecule has 0 saturated heterocycles. The molecule has 0 N–H and O–H groups in total. The number of allylic oxidation sites excluding steroid dienone is 2. The molecule has 3 aliphatic carbocycles. The minimum Gasteiger partial charge on any atom is -0.268 e. The first-order chi connectivity index (χ1) is 13.8. The van der Waals surface area contributed by atoms with E-state index in [1.807, 2.05) is 0 Å². The molecule has 148 valence electrons. The molecular formula is C20H10ClF4NO2S. The van der Waals surface area contributed by atoms with E-state index >= 15 is 0 Å². The zero-order chi connectivity index (χ0) is 20.6. The van der Waals surface area contributed by atoms with Gasteiger partial charge in [-0.1, -0.05) is 24.3 Å². The van der Waals surface area contributed by atoms with Crippen molar-refractivity contribution in [2.75, 3.05) is 0 Å². The zero-order valence-electron chi connectivity index (χ0n) is 14.3. The number of nitrogens with zero attached hydrogens (tertiary/aromatic N) is 1. The Labute approximate surface area is 171 Å². The monoisotopic (exact) mass is 439 g/mol. The van der Waals surface area contributed by atoms with Gasteiger partial charge < -0.3 is 0 Å². The molecule has 4 atom stereocenters. The van der Waals surface area contributed by atoms with Gasteiger partial charge in [0.1, 0.15) is 0 Å². The number of imide groups is 1. The van der Waals surface area contributed by atoms with Gasteiger partial charge in [-0.3, -0.25) is 9.59 Å². The molecule has 4 aliphatic rings. The third-order valence-electron chi connectivity index (χ3n) is 5.53. The Morgan fingerprint density at radius 3 is 1.83 bits per heavy atom. The lowest BCUT2D eigenvalue weighted by Gasteiger charge is -2.43. The van der Waals surface area contributed by atoms with E-state index in [1.165, 1.54) is 24.3 Å². The molecule has 1 heterocycles. The third-order valence-corrected chi connectivity index (χ3v) is 7.59. The molecule has 0 unspecified atom stereocenters. The summed E-state index contributed by atoms with van der Waals surface area (Å²) < 4.78 is 57.5. The van der Waals surface area contributed by atoms with Gasteiger partial charge in [-0.05, 0) is 24.1 Å². The lowest BCUT2D eigenvalue weighted by Crippen LogP contribution is -2.43. The predicted molar refractivity (Wildman–Crippen MR) is 98.9 cm³/mol. The van der Waals surface area contributed by atoms with Crippen LogP contribution in [0.4, 0.5) is 17.6 Å². The van der Waals surface area contributed by atoms with Gasteiger partial charge in [-0.2, -0.15) is 0 Å². The van der Waals surface area contributed by atoms with E-state index < -0.39 is 57.5 Å². The average molecular weight is 440 g/mol. The largest absolute Gasteiger partial charge is 0.271 e. The molecule has 3 nitrogen and oxygen atoms in total. The Hall–Kier alpha value is -2.32. The summed E-state index contributed by atoms with van der Waals surface area (Å²) in [7, 11) is 0. The molecule has 0 fully saturated rings. The van der Waals surface area contributed by atoms with Crippen LogP contribution in [-0.2, 0) is 0 Å². The van der Waals surface area contributed by atoms with Crippen molar-refractivity contribution in [3.8, 4) is 0 Å². The van der Waals surface area contributed by atoms with Crippen LogP contribution in [0.15, 0.2) is 36.4 Å². The summed E-state index contributed by atoms with van der Waals surface area (Å²) in [6.45, 7) is 0. The van der Waals surface area contributed by atoms with Crippen molar-refractivity contribution in [2.24, 2.45) is 0 Å². The summed E-state index contributed by atoms with van der Waals surface area (Å²) in [5, 5.41) is -1.63. The van der Waals surface area contributed by atoms with Crippen LogP contribution in [0.5, 0.6) is 0 Å². The first-order valence-corrected chi connectivity index (χ1v) is 9.93. The number of hydrogen-bond acceptors (Lipinski definition) is 3. The molecule has 29 heavy (non-hydrogen) atoms. The Morgan fingerprint density at radius 1 is 0.793 bits per heavy atom. The first kappa shape index (κ1) is 18.7. The van der Waals surface area contributed by atoms with Gasteiger partial charge in [-0.15, -0.1) is 11.6 Å². The van der Waals surface area contributed by atoms with Gasteiger partial charge in [0.2, 0.25) is 0 Å². The van der Waals surface area contributed by atoms with Gasteiger partial charge in [0.15, 0.2) is 23.3 Å². The molecule has 1 aliphatic heterocycles. The molecule has 6 rings (SSSR count). The number of alkyl halides is 1. The Kier molecular flexibility index (Phi) is 4.08. The molecular weight excluding hydrogens is 430 g/mol. The van der Waals surface area contributed by atoms with E-state index in [-0.39, 0.29) is 22.3 Å². The molecule has 2 aromatic carbocycles. The predicted octanol–water partition coefficient (Wildman–Crippen LogP) is 4.91. The molecule has 0 aromatic heterocycles. The maximum absolute atomic E-state index is 14.5. The highest BCUT2D eigenvalue weighted by atomic mass is 35.5. The summed E-state index contributed by atoms with van der Waals surface area (Å²) in [4.78, 5) is 25.3. The van der Waals surface area contributed by atoms with Crippen LogP contribution in [0.3, 0.4) is 0 Å². The molecule has 0 saturated carbocycles. The number of hydrogen-bond donors (Lipinski definition) is 0. The summed E-state index contributed by atoms with van der Waals surface area (Å²) in [6.07, 6.45) is 3.05. The van der Waals surface area contributed by atoms with Gasteiger partial charge >= 0.3 is 0 Å². The maximum atomic E-state index is 14.5. The smallest absolute Gasteiger partial charge is 0.268 e. The second-order valence-corrected chi connectivity index (χ2v) is 8.61. The zero-order valence-corrected chi connectivity index (χ0v) is 15.9. The fourth-order valence-corrected chi connectivity index (χ4v) is 5.98. The minimum atomic E-state index is -1.89. The molecule has 2 aromatic rings. The van der Waals surface area contributed by atoms with Crippen molar-refractivity contribution < 1.29 is 27.2 Å². The fourth-order valence-electron chi connectivity index (χ4n) is 4.20. The van der Waals surface area contributed by atoms with Crippen molar-refractivity contribution >= 4 is 35.4 Å². The van der Waals surface area contributed by atoms with Gasteiger partial charge in [0, 0.05) is 23.0 Å². The van der Waals surface area contributed by atoms with E-state index in [2.05, 4.69) is 0 Å². The number of amides is 2. The number of halogens is 5. The van der Waals surface area contributed by atoms with Crippen molar-refractivity contribution in [2.45, 2.75) is 22.5 Å². The average Bonchev–Trinajstić information content (AvgIpc) is 2.97. The minimum absolute atomic E-state index is 0.235. The van der Waals surface area contributed by atoms with Gasteiger partial charge in [0.25, 0.3) is 11.8 Å². The van der Waals surface area contributed by atoms with E-state index in [0.717, 1.165) is 16.3 Å². The third kappa shape index (κ3) is 2.39. The molecule has 2 bridgehead atoms. The van der Waals surface area contributed by atoms with Crippen molar-refractivity contribution in [1.29, 1.82) is 0 Å². The quantitative estimate of drug-likeness (QED) is 0.127. The summed E-state index contributed by atoms with van der Waals surface area (Å²) in [5.74, 6) is -9.65. The standard InChI is InChI=1S/C20H10ClF4NO2S/c21-13-9-5-6-10(12-11(9)14(22)16(24)17(25)15(12)23)18(13)29-26-19(27)7-3-1-2-4-8(7)20(26)28/h1-6,9-10,13,18H/t9-,10-,13+,18+/m0/s1. The van der Waals surface area contributed by atoms with Crippen LogP contribution in [0, 0.1) is 23.3 Å². The van der Waals surface area contributed by atoms with Crippen LogP contribution in [-0.4, -0.2) is 26.7 Å². The van der Waals surface area contributed by atoms with Crippen LogP contribution < -0.4 is 0 Å². The van der Waals surface area contributed by atoms with Crippen molar-refractivity contribution in [3.63, 3.8) is 0 Å². The number of fused-ring (bicyclic) bond motifs is 2. The number of carbonyl (C=O) groups is 2. The number of rotatable bonds is 2. The Morgan fingerprint density at radius 2 is 1.28 bits per heavy atom. The van der Waals surface area contributed by atoms with Crippen molar-refractivity contribution in [1.82, 2.24) is 4.31 Å². The van der Waals surface area contributed by atoms with Crippen LogP contribution in [0.2, 0.25) is 0 Å². The molecule has 9 heteroatoms. The SMILES string of the molecule is O=C1c2ccccc2C(=O)N1S[C@H]1[C@H](Cl)[C@H]2C=C[C@H]1c1c(F)c(F)c(F)c(F)c12. The van der Waals surface area contributed by atoms with E-state index in [0.29, 0.717) is 0 Å². The Balaban J connectivity index is 1.56. The molecule has 0 spiro atoms. The highest BCUT2D eigenvalue weighted by Crippen LogP contribution is 2.54. The van der Waals surface area contributed by atoms with Crippen LogP contribution in [0.1, 0.15) is 43.7 Å². The van der Waals surface area contributed by atoms with Crippen LogP contribution in [0.25, 0.3) is 0 Å². The Bertz CT molecular complexity index is 1100. The fraction of sp³-hybridized carbons (Fsp3) is 0.200. The summed E-state index contributed by atoms with van der Waals surface area (Å²) >= 11 is 7.29. The van der Waals surface area contributed by atoms with E-state index in [1.54, 1.807) is 12.1 Å². The topological polar surface area (TPSA) is 37.4 Å². The highest BCUT2D eigenvalue weighted by molar-refractivity contribution is 7.98.